The number of hydrogen-bond donors (Lipinski definition) is 0. The summed E-state index contributed by atoms with van der Waals surface area (Å²) in [5.41, 5.74) is 3.99. The van der Waals surface area contributed by atoms with Gasteiger partial charge in [0.05, 0.1) is 11.6 Å². The molecule has 27 heavy (non-hydrogen) atoms. The van der Waals surface area contributed by atoms with Gasteiger partial charge in [0.2, 0.25) is 5.78 Å². The maximum atomic E-state index is 12.6. The molecule has 0 spiro atoms. The number of nitrogens with zero attached hydrogens (tertiary/aromatic N) is 2. The van der Waals surface area contributed by atoms with Crippen molar-refractivity contribution in [2.75, 3.05) is 6.61 Å². The molecule has 2 aromatic heterocycles. The standard InChI is InChI=1S/C22H22N2O3/c1-15-13-20(17(3)24(15)16(2)18-7-5-4-6-8-18)21(25)14-27-22(26)19-9-11-23-12-10-19/h4-13,16H,14H2,1-3H3/t16-/m0/s1. The topological polar surface area (TPSA) is 61.2 Å². The molecular weight excluding hydrogens is 340 g/mol. The molecule has 5 heteroatoms. The molecule has 0 aliphatic rings. The number of Topliss-reactive ketones (excluding diaryl/α,β-unsaturated/α-hetero) is 1. The van der Waals surface area contributed by atoms with Crippen molar-refractivity contribution in [2.45, 2.75) is 26.8 Å². The number of carbonyl (C=O) groups is 2. The van der Waals surface area contributed by atoms with E-state index in [1.807, 2.05) is 38.1 Å². The highest BCUT2D eigenvalue weighted by Crippen LogP contribution is 2.25. The average Bonchev–Trinajstić information content (AvgIpc) is 3.00. The van der Waals surface area contributed by atoms with Crippen LogP contribution in [0.4, 0.5) is 0 Å². The Hall–Kier alpha value is -3.21. The molecule has 0 aliphatic heterocycles. The molecule has 3 aromatic rings. The number of ether oxygens (including phenoxy) is 1. The number of rotatable bonds is 6. The van der Waals surface area contributed by atoms with Crippen molar-refractivity contribution in [1.82, 2.24) is 9.55 Å². The van der Waals surface area contributed by atoms with Gasteiger partial charge in [-0.2, -0.15) is 0 Å². The van der Waals surface area contributed by atoms with Gasteiger partial charge in [-0.15, -0.1) is 0 Å². The lowest BCUT2D eigenvalue weighted by Crippen LogP contribution is -2.16. The van der Waals surface area contributed by atoms with Gasteiger partial charge in [0.25, 0.3) is 0 Å². The van der Waals surface area contributed by atoms with E-state index >= 15 is 0 Å². The van der Waals surface area contributed by atoms with Gasteiger partial charge in [-0.3, -0.25) is 9.78 Å². The van der Waals surface area contributed by atoms with Gasteiger partial charge in [-0.25, -0.2) is 4.79 Å². The molecule has 1 aromatic carbocycles. The quantitative estimate of drug-likeness (QED) is 0.488. The maximum Gasteiger partial charge on any atom is 0.338 e. The van der Waals surface area contributed by atoms with E-state index in [-0.39, 0.29) is 18.4 Å². The summed E-state index contributed by atoms with van der Waals surface area (Å²) in [7, 11) is 0. The number of aromatic nitrogens is 2. The van der Waals surface area contributed by atoms with Crippen molar-refractivity contribution in [3.63, 3.8) is 0 Å². The van der Waals surface area contributed by atoms with E-state index in [9.17, 15) is 9.59 Å². The lowest BCUT2D eigenvalue weighted by Gasteiger charge is -2.19. The molecule has 5 nitrogen and oxygen atoms in total. The molecule has 138 valence electrons. The third-order valence-corrected chi connectivity index (χ3v) is 4.70. The van der Waals surface area contributed by atoms with E-state index in [1.165, 1.54) is 18.0 Å². The maximum absolute atomic E-state index is 12.6. The third-order valence-electron chi connectivity index (χ3n) is 4.70. The summed E-state index contributed by atoms with van der Waals surface area (Å²) in [4.78, 5) is 28.5. The molecule has 0 aliphatic carbocycles. The van der Waals surface area contributed by atoms with E-state index in [0.717, 1.165) is 11.4 Å². The zero-order valence-electron chi connectivity index (χ0n) is 15.7. The van der Waals surface area contributed by atoms with Crippen molar-refractivity contribution in [3.8, 4) is 0 Å². The Morgan fingerprint density at radius 2 is 1.74 bits per heavy atom. The van der Waals surface area contributed by atoms with Crippen LogP contribution in [-0.2, 0) is 4.74 Å². The molecule has 0 bridgehead atoms. The normalized spacial score (nSPS) is 11.8. The predicted octanol–water partition coefficient (Wildman–Crippen LogP) is 4.15. The van der Waals surface area contributed by atoms with E-state index in [2.05, 4.69) is 28.6 Å². The number of carbonyl (C=O) groups excluding carboxylic acids is 2. The van der Waals surface area contributed by atoms with Gasteiger partial charge in [0.1, 0.15) is 0 Å². The van der Waals surface area contributed by atoms with Gasteiger partial charge in [0.15, 0.2) is 6.61 Å². The molecule has 3 rings (SSSR count). The Labute approximate surface area is 158 Å². The van der Waals surface area contributed by atoms with Crippen LogP contribution < -0.4 is 0 Å². The first-order valence-electron chi connectivity index (χ1n) is 8.82. The molecule has 0 saturated carbocycles. The summed E-state index contributed by atoms with van der Waals surface area (Å²) in [5, 5.41) is 0. The van der Waals surface area contributed by atoms with Crippen LogP contribution in [0.3, 0.4) is 0 Å². The Morgan fingerprint density at radius 3 is 2.41 bits per heavy atom. The highest BCUT2D eigenvalue weighted by atomic mass is 16.5. The fraction of sp³-hybridized carbons (Fsp3) is 0.227. The van der Waals surface area contributed by atoms with Crippen LogP contribution in [0.2, 0.25) is 0 Å². The van der Waals surface area contributed by atoms with Gasteiger partial charge in [0, 0.05) is 29.3 Å². The van der Waals surface area contributed by atoms with Crippen molar-refractivity contribution in [3.05, 3.63) is 89.0 Å². The van der Waals surface area contributed by atoms with E-state index in [4.69, 9.17) is 4.74 Å². The second-order valence-corrected chi connectivity index (χ2v) is 6.48. The van der Waals surface area contributed by atoms with Crippen molar-refractivity contribution >= 4 is 11.8 Å². The van der Waals surface area contributed by atoms with Crippen LogP contribution in [0.5, 0.6) is 0 Å². The molecule has 0 saturated heterocycles. The number of aryl methyl sites for hydroxylation is 1. The molecular formula is C22H22N2O3. The van der Waals surface area contributed by atoms with E-state index in [0.29, 0.717) is 11.1 Å². The predicted molar refractivity (Wildman–Crippen MR) is 103 cm³/mol. The van der Waals surface area contributed by atoms with Crippen molar-refractivity contribution in [2.24, 2.45) is 0 Å². The summed E-state index contributed by atoms with van der Waals surface area (Å²) in [5.74, 6) is -0.741. The highest BCUT2D eigenvalue weighted by molar-refractivity contribution is 6.00. The fourth-order valence-electron chi connectivity index (χ4n) is 3.32. The first-order chi connectivity index (χ1) is 13.0. The lowest BCUT2D eigenvalue weighted by atomic mass is 10.1. The minimum atomic E-state index is -0.530. The number of pyridine rings is 1. The Morgan fingerprint density at radius 1 is 1.07 bits per heavy atom. The largest absolute Gasteiger partial charge is 0.454 e. The molecule has 0 fully saturated rings. The van der Waals surface area contributed by atoms with E-state index < -0.39 is 5.97 Å². The first-order valence-corrected chi connectivity index (χ1v) is 8.82. The lowest BCUT2D eigenvalue weighted by molar-refractivity contribution is 0.0474. The van der Waals surface area contributed by atoms with Gasteiger partial charge in [-0.1, -0.05) is 30.3 Å². The zero-order valence-corrected chi connectivity index (χ0v) is 15.7. The zero-order chi connectivity index (χ0) is 19.4. The number of benzene rings is 1. The molecule has 0 radical (unpaired) electrons. The van der Waals surface area contributed by atoms with Crippen LogP contribution in [0.25, 0.3) is 0 Å². The molecule has 2 heterocycles. The van der Waals surface area contributed by atoms with Crippen molar-refractivity contribution < 1.29 is 14.3 Å². The molecule has 0 N–H and O–H groups in total. The van der Waals surface area contributed by atoms with Crippen molar-refractivity contribution in [1.29, 1.82) is 0 Å². The van der Waals surface area contributed by atoms with Crippen LogP contribution in [0, 0.1) is 13.8 Å². The number of ketones is 1. The van der Waals surface area contributed by atoms with Gasteiger partial charge in [-0.05, 0) is 44.5 Å². The SMILES string of the molecule is Cc1cc(C(=O)COC(=O)c2ccncc2)c(C)n1[C@@H](C)c1ccccc1. The monoisotopic (exact) mass is 362 g/mol. The second-order valence-electron chi connectivity index (χ2n) is 6.48. The summed E-state index contributed by atoms with van der Waals surface area (Å²) in [6, 6.07) is 15.2. The van der Waals surface area contributed by atoms with Crippen LogP contribution in [0.1, 0.15) is 50.6 Å². The average molecular weight is 362 g/mol. The smallest absolute Gasteiger partial charge is 0.338 e. The fourth-order valence-corrected chi connectivity index (χ4v) is 3.32. The third kappa shape index (κ3) is 3.97. The Balaban J connectivity index is 1.75. The summed E-state index contributed by atoms with van der Waals surface area (Å²) in [6.45, 7) is 5.72. The minimum Gasteiger partial charge on any atom is -0.454 e. The van der Waals surface area contributed by atoms with Crippen LogP contribution in [-0.4, -0.2) is 27.9 Å². The van der Waals surface area contributed by atoms with Gasteiger partial charge >= 0.3 is 5.97 Å². The van der Waals surface area contributed by atoms with Crippen LogP contribution >= 0.6 is 0 Å². The van der Waals surface area contributed by atoms with E-state index in [1.54, 1.807) is 12.1 Å². The molecule has 0 unspecified atom stereocenters. The van der Waals surface area contributed by atoms with Crippen LogP contribution in [0.15, 0.2) is 60.9 Å². The second kappa shape index (κ2) is 7.99. The molecule has 1 atom stereocenters. The highest BCUT2D eigenvalue weighted by Gasteiger charge is 2.20. The molecule has 0 amide bonds. The van der Waals surface area contributed by atoms with Gasteiger partial charge < -0.3 is 9.30 Å². The Bertz CT molecular complexity index is 946. The summed E-state index contributed by atoms with van der Waals surface area (Å²) < 4.78 is 7.30. The minimum absolute atomic E-state index is 0.104. The summed E-state index contributed by atoms with van der Waals surface area (Å²) in [6.07, 6.45) is 3.02. The number of esters is 1. The summed E-state index contributed by atoms with van der Waals surface area (Å²) >= 11 is 0. The Kier molecular flexibility index (Phi) is 5.50. The number of hydrogen-bond acceptors (Lipinski definition) is 4. The first kappa shape index (κ1) is 18.6.